The van der Waals surface area contributed by atoms with E-state index in [-0.39, 0.29) is 0 Å². The second-order valence-corrected chi connectivity index (χ2v) is 10.4. The number of benzene rings is 4. The van der Waals surface area contributed by atoms with E-state index >= 15 is 0 Å². The molecule has 132 valence electrons. The first-order chi connectivity index (χ1) is 13.3. The molecule has 0 amide bonds. The van der Waals surface area contributed by atoms with Gasteiger partial charge in [-0.05, 0) is 60.8 Å². The van der Waals surface area contributed by atoms with Crippen molar-refractivity contribution in [3.8, 4) is 0 Å². The van der Waals surface area contributed by atoms with Crippen molar-refractivity contribution in [2.45, 2.75) is 11.5 Å². The zero-order valence-electron chi connectivity index (χ0n) is 14.6. The molecule has 3 heteroatoms. The van der Waals surface area contributed by atoms with Crippen molar-refractivity contribution >= 4 is 72.6 Å². The van der Waals surface area contributed by atoms with Crippen LogP contribution in [-0.4, -0.2) is 0 Å². The molecule has 4 aromatic rings. The Morgan fingerprint density at radius 3 is 2.33 bits per heavy atom. The summed E-state index contributed by atoms with van der Waals surface area (Å²) in [5.74, 6) is 2.06. The molecule has 0 spiro atoms. The summed E-state index contributed by atoms with van der Waals surface area (Å²) >= 11 is 6.47. The van der Waals surface area contributed by atoms with Crippen molar-refractivity contribution in [3.63, 3.8) is 0 Å². The van der Waals surface area contributed by atoms with Gasteiger partial charge in [0.1, 0.15) is 0 Å². The number of thioether (sulfide) groups is 2. The molecule has 1 aliphatic heterocycles. The Bertz CT molecular complexity index is 1190. The first kappa shape index (κ1) is 17.7. The highest BCUT2D eigenvalue weighted by atomic mass is 127. The number of hydrogen-bond acceptors (Lipinski definition) is 2. The highest BCUT2D eigenvalue weighted by Crippen LogP contribution is 2.49. The number of halogens is 1. The van der Waals surface area contributed by atoms with Crippen LogP contribution in [0.15, 0.2) is 81.8 Å². The monoisotopic (exact) mass is 496 g/mol. The van der Waals surface area contributed by atoms with Crippen LogP contribution in [0.1, 0.15) is 16.7 Å². The molecule has 4 aromatic carbocycles. The zero-order valence-corrected chi connectivity index (χ0v) is 18.4. The highest BCUT2D eigenvalue weighted by Gasteiger charge is 2.20. The van der Waals surface area contributed by atoms with E-state index in [1.54, 1.807) is 0 Å². The molecule has 0 saturated carbocycles. The van der Waals surface area contributed by atoms with Gasteiger partial charge in [-0.25, -0.2) is 0 Å². The summed E-state index contributed by atoms with van der Waals surface area (Å²) in [6.07, 6.45) is 0. The Kier molecular flexibility index (Phi) is 4.92. The molecular formula is C24H17IS2. The smallest absolute Gasteiger partial charge is 0.0603 e. The summed E-state index contributed by atoms with van der Waals surface area (Å²) in [7, 11) is 0. The first-order valence-electron chi connectivity index (χ1n) is 8.94. The minimum atomic E-state index is 0.996. The predicted octanol–water partition coefficient (Wildman–Crippen LogP) is 8.23. The van der Waals surface area contributed by atoms with E-state index in [0.717, 1.165) is 11.5 Å². The van der Waals surface area contributed by atoms with Crippen LogP contribution in [-0.2, 0) is 11.5 Å². The second-order valence-electron chi connectivity index (χ2n) is 6.63. The standard InChI is InChI=1S/C24H17IS2/c25-24-23(26-14-18-9-5-8-16-6-1-3-10-19(16)18)21-13-12-17-7-2-4-11-20(17)22(21)15-27-24/h1-13H,14-15H2. The quantitative estimate of drug-likeness (QED) is 0.262. The normalized spacial score (nSPS) is 14.0. The molecule has 0 radical (unpaired) electrons. The van der Waals surface area contributed by atoms with Crippen LogP contribution in [0.25, 0.3) is 26.5 Å². The number of hydrogen-bond donors (Lipinski definition) is 0. The van der Waals surface area contributed by atoms with Crippen molar-refractivity contribution in [2.24, 2.45) is 0 Å². The average Bonchev–Trinajstić information content (AvgIpc) is 2.72. The van der Waals surface area contributed by atoms with Gasteiger partial charge in [0.2, 0.25) is 0 Å². The lowest BCUT2D eigenvalue weighted by Crippen LogP contribution is -1.98. The predicted molar refractivity (Wildman–Crippen MR) is 131 cm³/mol. The molecule has 1 heterocycles. The minimum absolute atomic E-state index is 0.996. The van der Waals surface area contributed by atoms with E-state index in [2.05, 4.69) is 101 Å². The van der Waals surface area contributed by atoms with Gasteiger partial charge in [0.25, 0.3) is 0 Å². The maximum absolute atomic E-state index is 2.52. The minimum Gasteiger partial charge on any atom is -0.119 e. The van der Waals surface area contributed by atoms with Gasteiger partial charge in [0.15, 0.2) is 0 Å². The van der Waals surface area contributed by atoms with E-state index in [9.17, 15) is 0 Å². The molecule has 0 atom stereocenters. The topological polar surface area (TPSA) is 0 Å². The van der Waals surface area contributed by atoms with Crippen molar-refractivity contribution < 1.29 is 0 Å². The van der Waals surface area contributed by atoms with E-state index in [0.29, 0.717) is 0 Å². The molecule has 0 nitrogen and oxygen atoms in total. The van der Waals surface area contributed by atoms with E-state index in [4.69, 9.17) is 0 Å². The van der Waals surface area contributed by atoms with Gasteiger partial charge in [-0.1, -0.05) is 78.9 Å². The van der Waals surface area contributed by atoms with E-state index < -0.39 is 0 Å². The molecule has 0 aliphatic carbocycles. The van der Waals surface area contributed by atoms with Gasteiger partial charge in [0, 0.05) is 16.4 Å². The average molecular weight is 496 g/mol. The molecule has 27 heavy (non-hydrogen) atoms. The zero-order chi connectivity index (χ0) is 18.2. The summed E-state index contributed by atoms with van der Waals surface area (Å²) < 4.78 is 1.42. The van der Waals surface area contributed by atoms with Gasteiger partial charge in [-0.3, -0.25) is 0 Å². The summed E-state index contributed by atoms with van der Waals surface area (Å²) in [6.45, 7) is 0. The van der Waals surface area contributed by atoms with Gasteiger partial charge in [-0.15, -0.1) is 23.5 Å². The van der Waals surface area contributed by atoms with Crippen molar-refractivity contribution in [1.29, 1.82) is 0 Å². The molecule has 0 saturated heterocycles. The van der Waals surface area contributed by atoms with Gasteiger partial charge in [-0.2, -0.15) is 0 Å². The molecule has 5 rings (SSSR count). The fraction of sp³-hybridized carbons (Fsp3) is 0.0833. The van der Waals surface area contributed by atoms with Crippen LogP contribution in [0, 0.1) is 0 Å². The van der Waals surface area contributed by atoms with Gasteiger partial charge >= 0.3 is 0 Å². The van der Waals surface area contributed by atoms with Crippen molar-refractivity contribution in [3.05, 3.63) is 98.5 Å². The number of fused-ring (bicyclic) bond motifs is 4. The Morgan fingerprint density at radius 2 is 1.48 bits per heavy atom. The highest BCUT2D eigenvalue weighted by molar-refractivity contribution is 14.1. The lowest BCUT2D eigenvalue weighted by Gasteiger charge is -2.22. The third-order valence-corrected chi connectivity index (χ3v) is 9.09. The number of rotatable bonds is 3. The Morgan fingerprint density at radius 1 is 0.778 bits per heavy atom. The van der Waals surface area contributed by atoms with Gasteiger partial charge < -0.3 is 0 Å². The van der Waals surface area contributed by atoms with E-state index in [1.807, 2.05) is 23.5 Å². The summed E-state index contributed by atoms with van der Waals surface area (Å²) in [5.41, 5.74) is 4.31. The fourth-order valence-corrected chi connectivity index (χ4v) is 7.13. The molecule has 0 N–H and O–H groups in total. The summed E-state index contributed by atoms with van der Waals surface area (Å²) in [4.78, 5) is 1.43. The van der Waals surface area contributed by atoms with Crippen LogP contribution >= 0.6 is 46.1 Å². The molecular weight excluding hydrogens is 479 g/mol. The third kappa shape index (κ3) is 3.30. The maximum Gasteiger partial charge on any atom is 0.0603 e. The van der Waals surface area contributed by atoms with Crippen LogP contribution < -0.4 is 0 Å². The second kappa shape index (κ2) is 7.53. The van der Waals surface area contributed by atoms with Crippen molar-refractivity contribution in [1.82, 2.24) is 0 Å². The molecule has 0 fully saturated rings. The lowest BCUT2D eigenvalue weighted by molar-refractivity contribution is 1.42. The van der Waals surface area contributed by atoms with Crippen molar-refractivity contribution in [2.75, 3.05) is 0 Å². The fourth-order valence-electron chi connectivity index (χ4n) is 3.71. The Labute approximate surface area is 181 Å². The van der Waals surface area contributed by atoms with E-state index in [1.165, 1.54) is 46.1 Å². The maximum atomic E-state index is 2.52. The molecule has 0 aromatic heterocycles. The molecule has 0 bridgehead atoms. The first-order valence-corrected chi connectivity index (χ1v) is 12.0. The van der Waals surface area contributed by atoms with Crippen LogP contribution in [0.3, 0.4) is 0 Å². The van der Waals surface area contributed by atoms with Crippen LogP contribution in [0.4, 0.5) is 0 Å². The Balaban J connectivity index is 1.53. The lowest BCUT2D eigenvalue weighted by atomic mass is 10.00. The SMILES string of the molecule is IC1=C(SCc2cccc3ccccc23)c2ccc3ccccc3c2CS1. The summed E-state index contributed by atoms with van der Waals surface area (Å²) in [6, 6.07) is 28.7. The van der Waals surface area contributed by atoms with Gasteiger partial charge in [0.05, 0.1) is 2.91 Å². The molecule has 0 unspecified atom stereocenters. The van der Waals surface area contributed by atoms with Crippen LogP contribution in [0.2, 0.25) is 0 Å². The molecule has 1 aliphatic rings. The Hall–Kier alpha value is -1.43. The third-order valence-electron chi connectivity index (χ3n) is 5.06. The largest absolute Gasteiger partial charge is 0.119 e. The summed E-state index contributed by atoms with van der Waals surface area (Å²) in [5, 5.41) is 5.43. The van der Waals surface area contributed by atoms with Crippen LogP contribution in [0.5, 0.6) is 0 Å².